The lowest BCUT2D eigenvalue weighted by Crippen LogP contribution is -2.12. The van der Waals surface area contributed by atoms with Gasteiger partial charge in [0.05, 0.1) is 10.7 Å². The molecule has 0 aromatic carbocycles. The molecule has 0 radical (unpaired) electrons. The first kappa shape index (κ1) is 11.8. The number of aromatic nitrogens is 3. The maximum atomic E-state index is 11.7. The number of hydrogen-bond acceptors (Lipinski definition) is 4. The third kappa shape index (κ3) is 2.55. The Morgan fingerprint density at radius 1 is 1.59 bits per heavy atom. The lowest BCUT2D eigenvalue weighted by atomic mass is 10.2. The average Bonchev–Trinajstić information content (AvgIpc) is 2.86. The lowest BCUT2D eigenvalue weighted by molar-refractivity contribution is 0.0995. The molecule has 2 aromatic heterocycles. The second-order valence-corrected chi connectivity index (χ2v) is 4.61. The van der Waals surface area contributed by atoms with Crippen LogP contribution >= 0.6 is 15.9 Å². The van der Waals surface area contributed by atoms with Gasteiger partial charge >= 0.3 is 0 Å². The summed E-state index contributed by atoms with van der Waals surface area (Å²) >= 11 is 3.21. The molecule has 1 amide bonds. The summed E-state index contributed by atoms with van der Waals surface area (Å²) in [7, 11) is 0. The summed E-state index contributed by atoms with van der Waals surface area (Å²) in [5.41, 5.74) is 0. The van der Waals surface area contributed by atoms with Crippen LogP contribution in [-0.4, -0.2) is 21.1 Å². The van der Waals surface area contributed by atoms with Crippen molar-refractivity contribution in [1.29, 1.82) is 0 Å². The van der Waals surface area contributed by atoms with Crippen molar-refractivity contribution >= 4 is 27.8 Å². The van der Waals surface area contributed by atoms with Gasteiger partial charge in [-0.25, -0.2) is 0 Å². The van der Waals surface area contributed by atoms with Gasteiger partial charge in [0.1, 0.15) is 5.82 Å². The molecule has 2 heterocycles. The monoisotopic (exact) mass is 298 g/mol. The molecule has 90 valence electrons. The number of hydrogen-bond donors (Lipinski definition) is 2. The predicted octanol–water partition coefficient (Wildman–Crippen LogP) is 2.54. The van der Waals surface area contributed by atoms with E-state index in [1.807, 2.05) is 13.8 Å². The van der Waals surface area contributed by atoms with Crippen LogP contribution in [-0.2, 0) is 0 Å². The largest absolute Gasteiger partial charge is 0.458 e. The van der Waals surface area contributed by atoms with Crippen molar-refractivity contribution < 1.29 is 9.21 Å². The van der Waals surface area contributed by atoms with E-state index in [0.29, 0.717) is 4.47 Å². The van der Waals surface area contributed by atoms with Crippen LogP contribution in [0.5, 0.6) is 0 Å². The van der Waals surface area contributed by atoms with Gasteiger partial charge in [0, 0.05) is 5.92 Å². The minimum atomic E-state index is -0.392. The molecule has 2 N–H and O–H groups in total. The van der Waals surface area contributed by atoms with Crippen LogP contribution in [0.4, 0.5) is 5.95 Å². The molecule has 6 nitrogen and oxygen atoms in total. The summed E-state index contributed by atoms with van der Waals surface area (Å²) in [6.45, 7) is 3.96. The van der Waals surface area contributed by atoms with Crippen molar-refractivity contribution in [2.24, 2.45) is 0 Å². The Labute approximate surface area is 106 Å². The van der Waals surface area contributed by atoms with E-state index in [-0.39, 0.29) is 17.6 Å². The molecule has 7 heteroatoms. The molecule has 0 aliphatic carbocycles. The summed E-state index contributed by atoms with van der Waals surface area (Å²) < 4.78 is 5.62. The maximum absolute atomic E-state index is 11.7. The molecule has 0 saturated carbocycles. The number of nitrogens with one attached hydrogen (secondary N) is 2. The van der Waals surface area contributed by atoms with Crippen LogP contribution in [0.2, 0.25) is 0 Å². The first-order valence-electron chi connectivity index (χ1n) is 5.04. The number of nitrogens with zero attached hydrogens (tertiary/aromatic N) is 2. The van der Waals surface area contributed by atoms with Gasteiger partial charge in [0.2, 0.25) is 11.7 Å². The van der Waals surface area contributed by atoms with Gasteiger partial charge in [-0.3, -0.25) is 15.2 Å². The Kier molecular flexibility index (Phi) is 3.28. The molecule has 0 spiro atoms. The Bertz CT molecular complexity index is 532. The highest BCUT2D eigenvalue weighted by Gasteiger charge is 2.16. The lowest BCUT2D eigenvalue weighted by Gasteiger charge is -1.98. The number of carbonyl (C=O) groups is 1. The molecule has 0 aliphatic heterocycles. The van der Waals surface area contributed by atoms with Crippen molar-refractivity contribution in [3.8, 4) is 0 Å². The van der Waals surface area contributed by atoms with Gasteiger partial charge in [-0.1, -0.05) is 13.8 Å². The second kappa shape index (κ2) is 4.70. The molecule has 0 bridgehead atoms. The normalized spacial score (nSPS) is 10.8. The molecule has 2 rings (SSSR count). The van der Waals surface area contributed by atoms with Crippen LogP contribution < -0.4 is 5.32 Å². The van der Waals surface area contributed by atoms with Crippen molar-refractivity contribution in [2.75, 3.05) is 5.32 Å². The molecule has 17 heavy (non-hydrogen) atoms. The van der Waals surface area contributed by atoms with Gasteiger partial charge in [-0.15, -0.1) is 5.10 Å². The van der Waals surface area contributed by atoms with Crippen molar-refractivity contribution in [1.82, 2.24) is 15.2 Å². The highest BCUT2D eigenvalue weighted by molar-refractivity contribution is 9.10. The highest BCUT2D eigenvalue weighted by atomic mass is 79.9. The van der Waals surface area contributed by atoms with E-state index in [1.165, 1.54) is 6.26 Å². The molecule has 2 aromatic rings. The predicted molar refractivity (Wildman–Crippen MR) is 64.8 cm³/mol. The van der Waals surface area contributed by atoms with Gasteiger partial charge < -0.3 is 4.42 Å². The van der Waals surface area contributed by atoms with Crippen LogP contribution in [0, 0.1) is 0 Å². The molecule has 0 fully saturated rings. The fourth-order valence-electron chi connectivity index (χ4n) is 1.20. The van der Waals surface area contributed by atoms with Gasteiger partial charge in [0.15, 0.2) is 0 Å². The summed E-state index contributed by atoms with van der Waals surface area (Å²) in [5, 5.41) is 9.19. The van der Waals surface area contributed by atoms with E-state index in [1.54, 1.807) is 6.07 Å². The molecular formula is C10H11BrN4O2. The van der Waals surface area contributed by atoms with E-state index in [9.17, 15) is 4.79 Å². The van der Waals surface area contributed by atoms with Crippen LogP contribution in [0.15, 0.2) is 21.2 Å². The van der Waals surface area contributed by atoms with E-state index in [0.717, 1.165) is 5.82 Å². The summed E-state index contributed by atoms with van der Waals surface area (Å²) in [5.74, 6) is 0.987. The SMILES string of the molecule is CC(C)c1nc(NC(=O)c2occc2Br)n[nH]1. The summed E-state index contributed by atoms with van der Waals surface area (Å²) in [6.07, 6.45) is 1.43. The Balaban J connectivity index is 2.11. The highest BCUT2D eigenvalue weighted by Crippen LogP contribution is 2.18. The average molecular weight is 299 g/mol. The van der Waals surface area contributed by atoms with Gasteiger partial charge in [0.25, 0.3) is 5.91 Å². The van der Waals surface area contributed by atoms with E-state index in [4.69, 9.17) is 4.42 Å². The van der Waals surface area contributed by atoms with Crippen LogP contribution in [0.3, 0.4) is 0 Å². The number of amides is 1. The smallest absolute Gasteiger partial charge is 0.294 e. The zero-order valence-corrected chi connectivity index (χ0v) is 10.9. The van der Waals surface area contributed by atoms with E-state index < -0.39 is 5.91 Å². The zero-order chi connectivity index (χ0) is 12.4. The van der Waals surface area contributed by atoms with Gasteiger partial charge in [-0.2, -0.15) is 4.98 Å². The van der Waals surface area contributed by atoms with Crippen LogP contribution in [0.25, 0.3) is 0 Å². The van der Waals surface area contributed by atoms with Crippen LogP contribution in [0.1, 0.15) is 36.1 Å². The topological polar surface area (TPSA) is 83.8 Å². The standard InChI is InChI=1S/C10H11BrN4O2/c1-5(2)8-12-10(15-14-8)13-9(16)7-6(11)3-4-17-7/h3-5H,1-2H3,(H2,12,13,14,15,16). The number of halogens is 1. The third-order valence-corrected chi connectivity index (χ3v) is 2.72. The number of rotatable bonds is 3. The molecule has 0 atom stereocenters. The van der Waals surface area contributed by atoms with Crippen molar-refractivity contribution in [2.45, 2.75) is 19.8 Å². The quantitative estimate of drug-likeness (QED) is 0.912. The van der Waals surface area contributed by atoms with Crippen molar-refractivity contribution in [3.63, 3.8) is 0 Å². The minimum Gasteiger partial charge on any atom is -0.458 e. The first-order chi connectivity index (χ1) is 8.08. The van der Waals surface area contributed by atoms with E-state index >= 15 is 0 Å². The van der Waals surface area contributed by atoms with E-state index in [2.05, 4.69) is 36.4 Å². The molecule has 0 aliphatic rings. The second-order valence-electron chi connectivity index (χ2n) is 3.75. The Morgan fingerprint density at radius 2 is 2.35 bits per heavy atom. The number of furan rings is 1. The number of aromatic amines is 1. The third-order valence-electron chi connectivity index (χ3n) is 2.10. The maximum Gasteiger partial charge on any atom is 0.294 e. The number of carbonyl (C=O) groups excluding carboxylic acids is 1. The first-order valence-corrected chi connectivity index (χ1v) is 5.84. The molecular weight excluding hydrogens is 288 g/mol. The molecule has 0 saturated heterocycles. The Morgan fingerprint density at radius 3 is 2.88 bits per heavy atom. The number of H-pyrrole nitrogens is 1. The fraction of sp³-hybridized carbons (Fsp3) is 0.300. The van der Waals surface area contributed by atoms with Crippen molar-refractivity contribution in [3.05, 3.63) is 28.4 Å². The summed E-state index contributed by atoms with van der Waals surface area (Å²) in [4.78, 5) is 15.9. The molecule has 0 unspecified atom stereocenters. The van der Waals surface area contributed by atoms with Gasteiger partial charge in [-0.05, 0) is 22.0 Å². The summed E-state index contributed by atoms with van der Waals surface area (Å²) in [6, 6.07) is 1.65. The Hall–Kier alpha value is -1.63. The fourth-order valence-corrected chi connectivity index (χ4v) is 1.58. The minimum absolute atomic E-state index is 0.195. The number of anilines is 1. The zero-order valence-electron chi connectivity index (χ0n) is 9.32.